The number of carbonyl (C=O) groups is 1. The van der Waals surface area contributed by atoms with Gasteiger partial charge in [-0.25, -0.2) is 8.42 Å². The molecule has 0 unspecified atom stereocenters. The van der Waals surface area contributed by atoms with Crippen LogP contribution in [0.15, 0.2) is 86.7 Å². The van der Waals surface area contributed by atoms with E-state index in [1.807, 2.05) is 31.2 Å². The number of carbonyl (C=O) groups excluding carboxylic acids is 1. The number of nitrogens with one attached hydrogen (secondary N) is 1. The number of fused-ring (bicyclic) bond motifs is 2. The van der Waals surface area contributed by atoms with Crippen LogP contribution in [0.3, 0.4) is 0 Å². The SMILES string of the molecule is CNC(=O)c1c(-c2ccc(C)cc2)oc2cc(N(C)S(C)(=O)=O)c(-c3cc(-c4cc5ncccc5o4)c(=O)n(C)c3)cc12. The van der Waals surface area contributed by atoms with Crippen molar-refractivity contribution in [3.05, 3.63) is 94.5 Å². The number of pyridine rings is 2. The molecular weight excluding hydrogens is 568 g/mol. The Kier molecular flexibility index (Phi) is 6.69. The van der Waals surface area contributed by atoms with E-state index in [-0.39, 0.29) is 17.0 Å². The lowest BCUT2D eigenvalue weighted by atomic mass is 9.98. The van der Waals surface area contributed by atoms with Gasteiger partial charge in [0.1, 0.15) is 22.6 Å². The van der Waals surface area contributed by atoms with E-state index in [0.29, 0.717) is 61.5 Å². The Morgan fingerprint density at radius 3 is 2.40 bits per heavy atom. The summed E-state index contributed by atoms with van der Waals surface area (Å²) in [5.74, 6) is 0.321. The maximum absolute atomic E-state index is 13.3. The lowest BCUT2D eigenvalue weighted by molar-refractivity contribution is 0.0964. The highest BCUT2D eigenvalue weighted by atomic mass is 32.2. The Balaban J connectivity index is 1.66. The van der Waals surface area contributed by atoms with Crippen molar-refractivity contribution in [3.63, 3.8) is 0 Å². The van der Waals surface area contributed by atoms with Crippen LogP contribution >= 0.6 is 0 Å². The summed E-state index contributed by atoms with van der Waals surface area (Å²) in [7, 11) is 0.870. The zero-order chi connectivity index (χ0) is 30.6. The number of benzene rings is 2. The Morgan fingerprint density at radius 2 is 1.72 bits per heavy atom. The van der Waals surface area contributed by atoms with Gasteiger partial charge in [0, 0.05) is 67.7 Å². The molecule has 0 aliphatic rings. The van der Waals surface area contributed by atoms with E-state index >= 15 is 0 Å². The second kappa shape index (κ2) is 10.3. The molecule has 1 N–H and O–H groups in total. The summed E-state index contributed by atoms with van der Waals surface area (Å²) >= 11 is 0. The quantitative estimate of drug-likeness (QED) is 0.275. The molecule has 0 aliphatic carbocycles. The van der Waals surface area contributed by atoms with E-state index in [9.17, 15) is 18.0 Å². The highest BCUT2D eigenvalue weighted by Gasteiger charge is 2.26. The number of anilines is 1. The first-order valence-electron chi connectivity index (χ1n) is 13.4. The largest absolute Gasteiger partial charge is 0.455 e. The van der Waals surface area contributed by atoms with Crippen molar-refractivity contribution in [1.82, 2.24) is 14.9 Å². The van der Waals surface area contributed by atoms with Gasteiger partial charge in [-0.15, -0.1) is 0 Å². The van der Waals surface area contributed by atoms with Gasteiger partial charge < -0.3 is 18.7 Å². The van der Waals surface area contributed by atoms with Crippen molar-refractivity contribution in [3.8, 4) is 33.8 Å². The number of aryl methyl sites for hydroxylation is 2. The molecule has 4 aromatic heterocycles. The van der Waals surface area contributed by atoms with Gasteiger partial charge in [0.2, 0.25) is 10.0 Å². The van der Waals surface area contributed by atoms with Crippen LogP contribution in [0.2, 0.25) is 0 Å². The maximum Gasteiger partial charge on any atom is 0.261 e. The Bertz CT molecular complexity index is 2190. The smallest absolute Gasteiger partial charge is 0.261 e. The molecule has 11 heteroatoms. The Morgan fingerprint density at radius 1 is 0.977 bits per heavy atom. The van der Waals surface area contributed by atoms with Crippen molar-refractivity contribution in [2.24, 2.45) is 7.05 Å². The Hall–Kier alpha value is -5.16. The van der Waals surface area contributed by atoms with Gasteiger partial charge in [-0.3, -0.25) is 18.9 Å². The summed E-state index contributed by atoms with van der Waals surface area (Å²) in [6.45, 7) is 1.96. The van der Waals surface area contributed by atoms with Crippen LogP contribution in [-0.4, -0.2) is 44.2 Å². The standard InChI is InChI=1S/C32H28N4O6S/c1-18-8-10-19(11-9-18)30-29(31(37)33-2)22-14-21(25(16-28(22)42-30)36(4)43(5,39)40)20-13-23(32(38)35(3)17-20)27-15-24-26(41-27)7-6-12-34-24/h6-17H,1-5H3,(H,33,37). The number of sulfonamides is 1. The number of hydrogen-bond acceptors (Lipinski definition) is 7. The van der Waals surface area contributed by atoms with E-state index in [1.54, 1.807) is 55.8 Å². The molecule has 6 rings (SSSR count). The number of aromatic nitrogens is 2. The van der Waals surface area contributed by atoms with Crippen molar-refractivity contribution >= 4 is 43.7 Å². The molecular formula is C32H28N4O6S. The maximum atomic E-state index is 13.3. The number of hydrogen-bond donors (Lipinski definition) is 1. The molecule has 6 aromatic rings. The molecule has 0 aliphatic heterocycles. The zero-order valence-electron chi connectivity index (χ0n) is 24.1. The monoisotopic (exact) mass is 596 g/mol. The fourth-order valence-electron chi connectivity index (χ4n) is 5.10. The molecule has 0 spiro atoms. The van der Waals surface area contributed by atoms with Crippen LogP contribution in [-0.2, 0) is 17.1 Å². The average molecular weight is 597 g/mol. The first-order chi connectivity index (χ1) is 20.5. The summed E-state index contributed by atoms with van der Waals surface area (Å²) < 4.78 is 40.4. The minimum absolute atomic E-state index is 0.269. The molecule has 0 radical (unpaired) electrons. The molecule has 218 valence electrons. The van der Waals surface area contributed by atoms with Gasteiger partial charge in [0.25, 0.3) is 11.5 Å². The number of amides is 1. The average Bonchev–Trinajstić information content (AvgIpc) is 3.58. The highest BCUT2D eigenvalue weighted by Crippen LogP contribution is 2.42. The molecule has 0 atom stereocenters. The van der Waals surface area contributed by atoms with Crippen LogP contribution in [0, 0.1) is 6.92 Å². The van der Waals surface area contributed by atoms with Gasteiger partial charge in [-0.1, -0.05) is 29.8 Å². The van der Waals surface area contributed by atoms with Gasteiger partial charge in [0.05, 0.1) is 23.1 Å². The van der Waals surface area contributed by atoms with Crippen LogP contribution < -0.4 is 15.2 Å². The van der Waals surface area contributed by atoms with Crippen molar-refractivity contribution in [2.75, 3.05) is 24.7 Å². The lowest BCUT2D eigenvalue weighted by Gasteiger charge is -2.21. The summed E-state index contributed by atoms with van der Waals surface area (Å²) in [6, 6.07) is 17.8. The number of nitrogens with zero attached hydrogens (tertiary/aromatic N) is 3. The minimum Gasteiger partial charge on any atom is -0.455 e. The van der Waals surface area contributed by atoms with E-state index in [2.05, 4.69) is 10.3 Å². The van der Waals surface area contributed by atoms with Crippen LogP contribution in [0.4, 0.5) is 5.69 Å². The van der Waals surface area contributed by atoms with Crippen LogP contribution in [0.5, 0.6) is 0 Å². The molecule has 0 saturated heterocycles. The van der Waals surface area contributed by atoms with Gasteiger partial charge in [-0.2, -0.15) is 0 Å². The molecule has 0 bridgehead atoms. The molecule has 10 nitrogen and oxygen atoms in total. The molecule has 0 fully saturated rings. The van der Waals surface area contributed by atoms with Gasteiger partial charge >= 0.3 is 0 Å². The van der Waals surface area contributed by atoms with Crippen LogP contribution in [0.1, 0.15) is 15.9 Å². The fourth-order valence-corrected chi connectivity index (χ4v) is 5.61. The molecule has 2 aromatic carbocycles. The van der Waals surface area contributed by atoms with Crippen molar-refractivity contribution < 1.29 is 22.0 Å². The summed E-state index contributed by atoms with van der Waals surface area (Å²) in [4.78, 5) is 30.9. The molecule has 1 amide bonds. The topological polar surface area (TPSA) is 128 Å². The van der Waals surface area contributed by atoms with Gasteiger partial charge in [-0.05, 0) is 31.2 Å². The van der Waals surface area contributed by atoms with Crippen LogP contribution in [0.25, 0.3) is 55.8 Å². The van der Waals surface area contributed by atoms with Crippen molar-refractivity contribution in [2.45, 2.75) is 6.92 Å². The third kappa shape index (κ3) is 4.87. The summed E-state index contributed by atoms with van der Waals surface area (Å²) in [6.07, 6.45) is 4.36. The predicted molar refractivity (Wildman–Crippen MR) is 167 cm³/mol. The normalized spacial score (nSPS) is 11.7. The highest BCUT2D eigenvalue weighted by molar-refractivity contribution is 7.92. The van der Waals surface area contributed by atoms with E-state index in [4.69, 9.17) is 8.83 Å². The fraction of sp³-hybridized carbons (Fsp3) is 0.156. The minimum atomic E-state index is -3.72. The summed E-state index contributed by atoms with van der Waals surface area (Å²) in [5.41, 5.74) is 4.77. The zero-order valence-corrected chi connectivity index (χ0v) is 24.9. The van der Waals surface area contributed by atoms with E-state index in [0.717, 1.165) is 16.1 Å². The second-order valence-electron chi connectivity index (χ2n) is 10.4. The second-order valence-corrected chi connectivity index (χ2v) is 12.4. The first-order valence-corrected chi connectivity index (χ1v) is 15.2. The van der Waals surface area contributed by atoms with E-state index < -0.39 is 10.0 Å². The number of rotatable bonds is 6. The van der Waals surface area contributed by atoms with Gasteiger partial charge in [0.15, 0.2) is 5.58 Å². The predicted octanol–water partition coefficient (Wildman–Crippen LogP) is 5.34. The molecule has 43 heavy (non-hydrogen) atoms. The molecule has 4 heterocycles. The van der Waals surface area contributed by atoms with Crippen molar-refractivity contribution in [1.29, 1.82) is 0 Å². The number of furan rings is 2. The Labute approximate surface area is 247 Å². The van der Waals surface area contributed by atoms with E-state index in [1.165, 1.54) is 18.7 Å². The molecule has 0 saturated carbocycles. The first kappa shape index (κ1) is 28.0. The third-order valence-corrected chi connectivity index (χ3v) is 8.65. The lowest BCUT2D eigenvalue weighted by Crippen LogP contribution is -2.25. The third-order valence-electron chi connectivity index (χ3n) is 7.46. The summed E-state index contributed by atoms with van der Waals surface area (Å²) in [5, 5.41) is 3.18.